The minimum absolute atomic E-state index is 0.0167. The molecule has 0 unspecified atom stereocenters. The minimum Gasteiger partial charge on any atom is -0.497 e. The second kappa shape index (κ2) is 11.4. The fraction of sp³-hybridized carbons (Fsp3) is 0.394. The normalized spacial score (nSPS) is 25.0. The molecule has 0 aromatic heterocycles. The average Bonchev–Trinajstić information content (AvgIpc) is 3.63. The smallest absolute Gasteiger partial charge is 0.414 e. The lowest BCUT2D eigenvalue weighted by molar-refractivity contribution is -0.146. The zero-order valence-corrected chi connectivity index (χ0v) is 27.5. The molecule has 10 heteroatoms. The zero-order valence-electron chi connectivity index (χ0n) is 24.9. The number of amides is 2. The van der Waals surface area contributed by atoms with Crippen LogP contribution in [0.25, 0.3) is 0 Å². The van der Waals surface area contributed by atoms with Crippen molar-refractivity contribution < 1.29 is 28.9 Å². The second-order valence-corrected chi connectivity index (χ2v) is 17.8. The summed E-state index contributed by atoms with van der Waals surface area (Å²) in [6.07, 6.45) is -0.163. The van der Waals surface area contributed by atoms with Crippen LogP contribution in [0.5, 0.6) is 5.75 Å². The summed E-state index contributed by atoms with van der Waals surface area (Å²) in [6, 6.07) is 21.9. The number of benzene rings is 3. The molecule has 2 fully saturated rings. The first-order chi connectivity index (χ1) is 20.6. The molecular formula is C33H37BrN2O6Si. The van der Waals surface area contributed by atoms with Gasteiger partial charge in [0.05, 0.1) is 40.1 Å². The number of aliphatic hydroxyl groups is 1. The van der Waals surface area contributed by atoms with Crippen LogP contribution in [0.4, 0.5) is 16.2 Å². The summed E-state index contributed by atoms with van der Waals surface area (Å²) in [6.45, 7) is 8.07. The molecule has 1 spiro atoms. The van der Waals surface area contributed by atoms with Gasteiger partial charge in [-0.15, -0.1) is 0 Å². The Hall–Kier alpha value is -3.18. The number of nitrogens with zero attached hydrogens (tertiary/aromatic N) is 2. The lowest BCUT2D eigenvalue weighted by Crippen LogP contribution is -2.51. The summed E-state index contributed by atoms with van der Waals surface area (Å²) in [4.78, 5) is 30.2. The van der Waals surface area contributed by atoms with Crippen LogP contribution >= 0.6 is 15.9 Å². The average molecular weight is 666 g/mol. The molecule has 0 aliphatic carbocycles. The number of carbonyl (C=O) groups excluding carboxylic acids is 2. The van der Waals surface area contributed by atoms with Gasteiger partial charge in [-0.2, -0.15) is 0 Å². The van der Waals surface area contributed by atoms with Crippen molar-refractivity contribution in [2.24, 2.45) is 5.92 Å². The van der Waals surface area contributed by atoms with E-state index in [4.69, 9.17) is 14.2 Å². The number of hydrogen-bond acceptors (Lipinski definition) is 6. The molecule has 4 atom stereocenters. The number of halogens is 1. The lowest BCUT2D eigenvalue weighted by Gasteiger charge is -2.37. The van der Waals surface area contributed by atoms with E-state index in [0.29, 0.717) is 26.1 Å². The second-order valence-electron chi connectivity index (χ2n) is 12.2. The van der Waals surface area contributed by atoms with Crippen molar-refractivity contribution in [1.82, 2.24) is 0 Å². The van der Waals surface area contributed by atoms with E-state index in [1.165, 1.54) is 5.19 Å². The molecule has 3 aromatic carbocycles. The minimum atomic E-state index is -2.24. The van der Waals surface area contributed by atoms with Crippen molar-refractivity contribution in [3.8, 4) is 5.75 Å². The van der Waals surface area contributed by atoms with Crippen molar-refractivity contribution in [2.75, 3.05) is 36.7 Å². The van der Waals surface area contributed by atoms with E-state index >= 15 is 0 Å². The van der Waals surface area contributed by atoms with E-state index in [1.807, 2.05) is 59.5 Å². The maximum absolute atomic E-state index is 14.7. The van der Waals surface area contributed by atoms with Crippen LogP contribution in [0.15, 0.2) is 71.2 Å². The van der Waals surface area contributed by atoms with Gasteiger partial charge < -0.3 is 24.2 Å². The van der Waals surface area contributed by atoms with Gasteiger partial charge in [-0.1, -0.05) is 65.4 Å². The molecule has 3 heterocycles. The topological polar surface area (TPSA) is 88.5 Å². The molecule has 1 N–H and O–H groups in total. The van der Waals surface area contributed by atoms with Gasteiger partial charge >= 0.3 is 6.09 Å². The van der Waals surface area contributed by atoms with Gasteiger partial charge in [-0.3, -0.25) is 9.69 Å². The molecule has 3 aliphatic rings. The molecule has 2 saturated heterocycles. The fourth-order valence-corrected chi connectivity index (χ4v) is 11.9. The van der Waals surface area contributed by atoms with Crippen LogP contribution < -0.4 is 19.7 Å². The molecular weight excluding hydrogens is 628 g/mol. The van der Waals surface area contributed by atoms with Crippen molar-refractivity contribution in [2.45, 2.75) is 50.2 Å². The first kappa shape index (κ1) is 29.9. The van der Waals surface area contributed by atoms with Gasteiger partial charge in [-0.05, 0) is 60.0 Å². The first-order valence-electron chi connectivity index (χ1n) is 14.7. The van der Waals surface area contributed by atoms with Gasteiger partial charge in [-0.25, -0.2) is 4.79 Å². The van der Waals surface area contributed by atoms with E-state index in [2.05, 4.69) is 48.1 Å². The molecule has 8 nitrogen and oxygen atoms in total. The predicted molar refractivity (Wildman–Crippen MR) is 172 cm³/mol. The Morgan fingerprint density at radius 3 is 2.42 bits per heavy atom. The third kappa shape index (κ3) is 4.88. The quantitative estimate of drug-likeness (QED) is 0.317. The van der Waals surface area contributed by atoms with Crippen LogP contribution in [-0.4, -0.2) is 58.2 Å². The van der Waals surface area contributed by atoms with E-state index in [0.717, 1.165) is 32.7 Å². The molecule has 3 aromatic rings. The standard InChI is InChI=1S/C33H37BrN2O6Si/c1-21-30(43(3,4)26-12-10-25(40-2)11-13-26)29(15-17-37)42-33(21)27-19-23(34)7-14-28(27)36(31(33)38)20-22-5-8-24(9-6-22)35-16-18-41-32(35)39/h5-14,19,21,29-30,37H,15-18,20H2,1-4H3/t21-,29+,30-,33+/m0/s1. The summed E-state index contributed by atoms with van der Waals surface area (Å²) in [5.74, 6) is 0.591. The van der Waals surface area contributed by atoms with Crippen LogP contribution in [0.2, 0.25) is 18.6 Å². The Kier molecular flexibility index (Phi) is 7.91. The van der Waals surface area contributed by atoms with Crippen LogP contribution in [0, 0.1) is 5.92 Å². The van der Waals surface area contributed by atoms with Crippen molar-refractivity contribution in [3.05, 3.63) is 82.3 Å². The highest BCUT2D eigenvalue weighted by Crippen LogP contribution is 2.60. The number of cyclic esters (lactones) is 1. The van der Waals surface area contributed by atoms with E-state index in [1.54, 1.807) is 12.0 Å². The number of carbonyl (C=O) groups is 2. The summed E-state index contributed by atoms with van der Waals surface area (Å²) < 4.78 is 18.3. The van der Waals surface area contributed by atoms with E-state index < -0.39 is 13.7 Å². The number of aliphatic hydroxyl groups excluding tert-OH is 1. The van der Waals surface area contributed by atoms with Gasteiger partial charge in [0.1, 0.15) is 12.4 Å². The predicted octanol–water partition coefficient (Wildman–Crippen LogP) is 5.56. The van der Waals surface area contributed by atoms with Crippen LogP contribution in [0.3, 0.4) is 0 Å². The Morgan fingerprint density at radius 2 is 1.79 bits per heavy atom. The number of hydrogen-bond donors (Lipinski definition) is 1. The highest BCUT2D eigenvalue weighted by Gasteiger charge is 2.66. The Balaban J connectivity index is 1.37. The highest BCUT2D eigenvalue weighted by atomic mass is 79.9. The Bertz CT molecular complexity index is 1530. The fourth-order valence-electron chi connectivity index (χ4n) is 7.43. The molecule has 43 heavy (non-hydrogen) atoms. The lowest BCUT2D eigenvalue weighted by atomic mass is 9.82. The number of methoxy groups -OCH3 is 1. The van der Waals surface area contributed by atoms with Gasteiger partial charge in [0.15, 0.2) is 5.60 Å². The third-order valence-corrected chi connectivity index (χ3v) is 14.4. The summed E-state index contributed by atoms with van der Waals surface area (Å²) in [5, 5.41) is 11.4. The summed E-state index contributed by atoms with van der Waals surface area (Å²) in [7, 11) is -0.578. The van der Waals surface area contributed by atoms with E-state index in [-0.39, 0.29) is 36.2 Å². The SMILES string of the molecule is COc1ccc([Si](C)(C)[C@@H]2[C@@H](CCO)O[C@]3(C(=O)N(Cc4ccc(N5CCOC5=O)cc4)c4ccc(Br)cc43)[C@H]2C)cc1. The monoisotopic (exact) mass is 664 g/mol. The first-order valence-corrected chi connectivity index (χ1v) is 18.6. The number of ether oxygens (including phenoxy) is 3. The molecule has 2 amide bonds. The Labute approximate surface area is 261 Å². The summed E-state index contributed by atoms with van der Waals surface area (Å²) >= 11 is 3.65. The molecule has 0 saturated carbocycles. The molecule has 226 valence electrons. The van der Waals surface area contributed by atoms with Crippen LogP contribution in [-0.2, 0) is 26.4 Å². The molecule has 3 aliphatic heterocycles. The van der Waals surface area contributed by atoms with E-state index in [9.17, 15) is 14.7 Å². The maximum Gasteiger partial charge on any atom is 0.414 e. The number of rotatable bonds is 8. The van der Waals surface area contributed by atoms with Gasteiger partial charge in [0.2, 0.25) is 0 Å². The van der Waals surface area contributed by atoms with Crippen molar-refractivity contribution in [3.63, 3.8) is 0 Å². The van der Waals surface area contributed by atoms with Gasteiger partial charge in [0, 0.05) is 28.2 Å². The summed E-state index contributed by atoms with van der Waals surface area (Å²) in [5.41, 5.74) is 2.31. The maximum atomic E-state index is 14.7. The third-order valence-electron chi connectivity index (χ3n) is 9.56. The molecule has 0 radical (unpaired) electrons. The van der Waals surface area contributed by atoms with Crippen LogP contribution in [0.1, 0.15) is 24.5 Å². The number of anilines is 2. The molecule has 6 rings (SSSR count). The van der Waals surface area contributed by atoms with Crippen molar-refractivity contribution >= 4 is 52.6 Å². The van der Waals surface area contributed by atoms with Gasteiger partial charge in [0.25, 0.3) is 5.91 Å². The molecule has 0 bridgehead atoms. The highest BCUT2D eigenvalue weighted by molar-refractivity contribution is 9.10. The largest absolute Gasteiger partial charge is 0.497 e. The Morgan fingerprint density at radius 1 is 1.07 bits per heavy atom. The zero-order chi connectivity index (χ0) is 30.5. The number of fused-ring (bicyclic) bond motifs is 2. The van der Waals surface area contributed by atoms with Crippen molar-refractivity contribution in [1.29, 1.82) is 0 Å².